The van der Waals surface area contributed by atoms with Crippen LogP contribution < -0.4 is 11.3 Å². The smallest absolute Gasteiger partial charge is 0.269 e. The average Bonchev–Trinajstić information content (AvgIpc) is 1.98. The molecule has 0 atom stereocenters. The molecule has 7 heteroatoms. The van der Waals surface area contributed by atoms with E-state index in [0.717, 1.165) is 0 Å². The Bertz CT molecular complexity index is 401. The summed E-state index contributed by atoms with van der Waals surface area (Å²) in [6, 6.07) is 0. The summed E-state index contributed by atoms with van der Waals surface area (Å²) in [5.74, 6) is -1.05. The molecule has 1 rings (SSSR count). The van der Waals surface area contributed by atoms with Gasteiger partial charge >= 0.3 is 0 Å². The Kier molecular flexibility index (Phi) is 2.66. The second kappa shape index (κ2) is 3.56. The molecule has 0 unspecified atom stereocenters. The van der Waals surface area contributed by atoms with Gasteiger partial charge in [0, 0.05) is 0 Å². The lowest BCUT2D eigenvalue weighted by Crippen LogP contribution is -2.19. The lowest BCUT2D eigenvalue weighted by molar-refractivity contribution is -0.117. The van der Waals surface area contributed by atoms with Crippen LogP contribution in [0.25, 0.3) is 0 Å². The number of hydrogen-bond acceptors (Lipinski definition) is 4. The number of rotatable bonds is 2. The monoisotopic (exact) mass is 247 g/mol. The van der Waals surface area contributed by atoms with Crippen LogP contribution in [0.4, 0.5) is 0 Å². The van der Waals surface area contributed by atoms with Crippen molar-refractivity contribution >= 4 is 21.8 Å². The standard InChI is InChI=1S/C6H6BrN3O3/c7-4-5(12)9-3(1-2(8)11)10-6(4)13/h1H2,(H2,8,11)(H2,9,10,12,13). The third kappa shape index (κ3) is 2.28. The van der Waals surface area contributed by atoms with Gasteiger partial charge in [-0.25, -0.2) is 0 Å². The van der Waals surface area contributed by atoms with E-state index >= 15 is 0 Å². The minimum absolute atomic E-state index is 0.0400. The van der Waals surface area contributed by atoms with E-state index < -0.39 is 17.3 Å². The Morgan fingerprint density at radius 2 is 2.31 bits per heavy atom. The fourth-order valence-electron chi connectivity index (χ4n) is 0.741. The summed E-state index contributed by atoms with van der Waals surface area (Å²) in [6.07, 6.45) is -0.212. The number of aromatic hydroxyl groups is 1. The summed E-state index contributed by atoms with van der Waals surface area (Å²) in [5.41, 5.74) is 4.32. The largest absolute Gasteiger partial charge is 0.492 e. The van der Waals surface area contributed by atoms with Crippen molar-refractivity contribution in [2.45, 2.75) is 6.42 Å². The number of nitrogens with one attached hydrogen (secondary N) is 1. The fourth-order valence-corrected chi connectivity index (χ4v) is 0.929. The van der Waals surface area contributed by atoms with Crippen LogP contribution in [-0.2, 0) is 11.2 Å². The number of amides is 1. The van der Waals surface area contributed by atoms with Crippen LogP contribution in [-0.4, -0.2) is 21.0 Å². The van der Waals surface area contributed by atoms with E-state index in [1.807, 2.05) is 0 Å². The molecule has 1 amide bonds. The molecule has 1 heterocycles. The van der Waals surface area contributed by atoms with Crippen LogP contribution in [0, 0.1) is 0 Å². The van der Waals surface area contributed by atoms with Gasteiger partial charge in [-0.2, -0.15) is 4.98 Å². The Morgan fingerprint density at radius 3 is 2.77 bits per heavy atom. The number of H-pyrrole nitrogens is 1. The third-order valence-corrected chi connectivity index (χ3v) is 1.95. The second-order valence-electron chi connectivity index (χ2n) is 2.29. The lowest BCUT2D eigenvalue weighted by Gasteiger charge is -1.98. The minimum atomic E-state index is -0.634. The normalized spacial score (nSPS) is 9.92. The maximum atomic E-state index is 11.0. The first-order chi connectivity index (χ1) is 6.00. The van der Waals surface area contributed by atoms with Gasteiger partial charge in [-0.1, -0.05) is 0 Å². The van der Waals surface area contributed by atoms with Gasteiger partial charge in [-0.05, 0) is 15.9 Å². The first-order valence-corrected chi connectivity index (χ1v) is 4.06. The highest BCUT2D eigenvalue weighted by Gasteiger charge is 2.08. The molecule has 70 valence electrons. The topological polar surface area (TPSA) is 109 Å². The van der Waals surface area contributed by atoms with Gasteiger partial charge in [0.15, 0.2) is 0 Å². The van der Waals surface area contributed by atoms with Crippen LogP contribution in [0.1, 0.15) is 5.82 Å². The SMILES string of the molecule is NC(=O)Cc1nc(O)c(Br)c(=O)[nH]1. The van der Waals surface area contributed by atoms with Gasteiger partial charge < -0.3 is 15.8 Å². The van der Waals surface area contributed by atoms with Gasteiger partial charge in [-0.3, -0.25) is 9.59 Å². The highest BCUT2D eigenvalue weighted by molar-refractivity contribution is 9.10. The van der Waals surface area contributed by atoms with Crippen LogP contribution in [0.2, 0.25) is 0 Å². The molecule has 0 saturated carbocycles. The molecular formula is C6H6BrN3O3. The van der Waals surface area contributed by atoms with Gasteiger partial charge in [0.25, 0.3) is 5.56 Å². The van der Waals surface area contributed by atoms with E-state index in [0.29, 0.717) is 0 Å². The quantitative estimate of drug-likeness (QED) is 0.640. The van der Waals surface area contributed by atoms with Crippen LogP contribution in [0.3, 0.4) is 0 Å². The zero-order chi connectivity index (χ0) is 10.0. The molecule has 0 aliphatic rings. The minimum Gasteiger partial charge on any atom is -0.492 e. The Labute approximate surface area is 80.9 Å². The van der Waals surface area contributed by atoms with Crippen molar-refractivity contribution in [3.05, 3.63) is 20.7 Å². The summed E-state index contributed by atoms with van der Waals surface area (Å²) < 4.78 is -0.0688. The molecule has 0 spiro atoms. The van der Waals surface area contributed by atoms with Crippen molar-refractivity contribution in [2.24, 2.45) is 5.73 Å². The molecule has 13 heavy (non-hydrogen) atoms. The molecule has 4 N–H and O–H groups in total. The van der Waals surface area contributed by atoms with E-state index in [2.05, 4.69) is 25.9 Å². The van der Waals surface area contributed by atoms with Crippen LogP contribution >= 0.6 is 15.9 Å². The Hall–Kier alpha value is -1.37. The Morgan fingerprint density at radius 1 is 1.69 bits per heavy atom. The number of aromatic amines is 1. The molecule has 0 saturated heterocycles. The number of primary amides is 1. The van der Waals surface area contributed by atoms with Crippen molar-refractivity contribution in [3.8, 4) is 5.88 Å². The predicted octanol–water partition coefficient (Wildman–Crippen LogP) is -0.734. The van der Waals surface area contributed by atoms with Crippen LogP contribution in [0.5, 0.6) is 5.88 Å². The molecular weight excluding hydrogens is 242 g/mol. The van der Waals surface area contributed by atoms with Crippen molar-refractivity contribution < 1.29 is 9.90 Å². The third-order valence-electron chi connectivity index (χ3n) is 1.24. The van der Waals surface area contributed by atoms with Crippen molar-refractivity contribution in [3.63, 3.8) is 0 Å². The van der Waals surface area contributed by atoms with E-state index in [-0.39, 0.29) is 16.7 Å². The summed E-state index contributed by atoms with van der Waals surface area (Å²) >= 11 is 2.81. The maximum absolute atomic E-state index is 11.0. The maximum Gasteiger partial charge on any atom is 0.269 e. The zero-order valence-electron chi connectivity index (χ0n) is 6.37. The number of carbonyl (C=O) groups excluding carboxylic acids is 1. The number of carbonyl (C=O) groups is 1. The molecule has 0 aliphatic carbocycles. The van der Waals surface area contributed by atoms with Crippen molar-refractivity contribution in [1.82, 2.24) is 9.97 Å². The highest BCUT2D eigenvalue weighted by atomic mass is 79.9. The first kappa shape index (κ1) is 9.72. The molecule has 0 bridgehead atoms. The van der Waals surface area contributed by atoms with Crippen LogP contribution in [0.15, 0.2) is 9.27 Å². The molecule has 1 aromatic heterocycles. The Balaban J connectivity index is 3.13. The first-order valence-electron chi connectivity index (χ1n) is 3.26. The van der Waals surface area contributed by atoms with E-state index in [9.17, 15) is 9.59 Å². The second-order valence-corrected chi connectivity index (χ2v) is 3.09. The zero-order valence-corrected chi connectivity index (χ0v) is 7.96. The fraction of sp³-hybridized carbons (Fsp3) is 0.167. The van der Waals surface area contributed by atoms with Gasteiger partial charge in [0.05, 0.1) is 6.42 Å². The van der Waals surface area contributed by atoms with Crippen molar-refractivity contribution in [1.29, 1.82) is 0 Å². The molecule has 6 nitrogen and oxygen atoms in total. The van der Waals surface area contributed by atoms with E-state index in [4.69, 9.17) is 10.8 Å². The lowest BCUT2D eigenvalue weighted by atomic mass is 10.4. The number of hydrogen-bond donors (Lipinski definition) is 3. The van der Waals surface area contributed by atoms with Crippen molar-refractivity contribution in [2.75, 3.05) is 0 Å². The van der Waals surface area contributed by atoms with Gasteiger partial charge in [0.2, 0.25) is 11.8 Å². The summed E-state index contributed by atoms with van der Waals surface area (Å²) in [5, 5.41) is 9.06. The summed E-state index contributed by atoms with van der Waals surface area (Å²) in [4.78, 5) is 27.2. The molecule has 0 aliphatic heterocycles. The molecule has 0 aromatic carbocycles. The number of aromatic nitrogens is 2. The van der Waals surface area contributed by atoms with Gasteiger partial charge in [0.1, 0.15) is 10.3 Å². The van der Waals surface area contributed by atoms with E-state index in [1.165, 1.54) is 0 Å². The molecule has 0 radical (unpaired) electrons. The predicted molar refractivity (Wildman–Crippen MR) is 47.1 cm³/mol. The highest BCUT2D eigenvalue weighted by Crippen LogP contribution is 2.14. The molecule has 1 aromatic rings. The average molecular weight is 248 g/mol. The summed E-state index contributed by atoms with van der Waals surface area (Å²) in [7, 11) is 0. The number of nitrogens with two attached hydrogens (primary N) is 1. The number of nitrogens with zero attached hydrogens (tertiary/aromatic N) is 1. The van der Waals surface area contributed by atoms with Gasteiger partial charge in [-0.15, -0.1) is 0 Å². The summed E-state index contributed by atoms with van der Waals surface area (Å²) in [6.45, 7) is 0. The number of halogens is 1. The van der Waals surface area contributed by atoms with E-state index in [1.54, 1.807) is 0 Å². The molecule has 0 fully saturated rings.